The van der Waals surface area contributed by atoms with Crippen molar-refractivity contribution < 1.29 is 29.1 Å². The van der Waals surface area contributed by atoms with Crippen molar-refractivity contribution in [3.05, 3.63) is 0 Å². The molecule has 0 heterocycles. The Morgan fingerprint density at radius 3 is 1.97 bits per heavy atom. The SMILES string of the molecule is CC(NC(=O)C(N)CC(N)=O)C(=O)NC(C(=O)NC(CCCCN)C(=O)O)C(C)C. The normalized spacial score (nSPS) is 14.9. The topological polar surface area (TPSA) is 220 Å². The number of rotatable bonds is 14. The van der Waals surface area contributed by atoms with E-state index >= 15 is 0 Å². The summed E-state index contributed by atoms with van der Waals surface area (Å²) in [6, 6.07) is -4.38. The van der Waals surface area contributed by atoms with Gasteiger partial charge in [-0.3, -0.25) is 19.2 Å². The Bertz CT molecular complexity index is 626. The molecule has 0 radical (unpaired) electrons. The standard InChI is InChI=1S/C18H34N6O6/c1-9(2)14(17(28)23-12(18(29)30)6-4-5-7-19)24-15(26)10(3)22-16(27)11(20)8-13(21)25/h9-12,14H,4-8,19-20H2,1-3H3,(H2,21,25)(H,22,27)(H,23,28)(H,24,26)(H,29,30). The Balaban J connectivity index is 4.97. The van der Waals surface area contributed by atoms with Crippen LogP contribution in [0.25, 0.3) is 0 Å². The van der Waals surface area contributed by atoms with Crippen LogP contribution in [0.4, 0.5) is 0 Å². The maximum Gasteiger partial charge on any atom is 0.326 e. The summed E-state index contributed by atoms with van der Waals surface area (Å²) in [5.74, 6) is -4.36. The minimum atomic E-state index is -1.20. The van der Waals surface area contributed by atoms with E-state index in [2.05, 4.69) is 16.0 Å². The zero-order valence-electron chi connectivity index (χ0n) is 17.6. The Hall–Kier alpha value is -2.73. The number of hydrogen-bond donors (Lipinski definition) is 7. The highest BCUT2D eigenvalue weighted by Crippen LogP contribution is 2.06. The molecule has 4 amide bonds. The van der Waals surface area contributed by atoms with Crippen molar-refractivity contribution in [1.82, 2.24) is 16.0 Å². The van der Waals surface area contributed by atoms with Gasteiger partial charge in [0.05, 0.1) is 12.5 Å². The van der Waals surface area contributed by atoms with Crippen LogP contribution in [0.5, 0.6) is 0 Å². The average molecular weight is 431 g/mol. The van der Waals surface area contributed by atoms with Crippen molar-refractivity contribution >= 4 is 29.6 Å². The van der Waals surface area contributed by atoms with Crippen molar-refractivity contribution in [2.75, 3.05) is 6.54 Å². The summed E-state index contributed by atoms with van der Waals surface area (Å²) in [7, 11) is 0. The lowest BCUT2D eigenvalue weighted by Gasteiger charge is -2.26. The molecule has 12 heteroatoms. The third-order valence-corrected chi connectivity index (χ3v) is 4.32. The van der Waals surface area contributed by atoms with Crippen molar-refractivity contribution in [1.29, 1.82) is 0 Å². The number of carbonyl (C=O) groups excluding carboxylic acids is 4. The second-order valence-corrected chi connectivity index (χ2v) is 7.42. The number of nitrogens with one attached hydrogen (secondary N) is 3. The van der Waals surface area contributed by atoms with Gasteiger partial charge in [-0.2, -0.15) is 0 Å². The van der Waals surface area contributed by atoms with E-state index in [0.717, 1.165) is 0 Å². The van der Waals surface area contributed by atoms with Gasteiger partial charge >= 0.3 is 5.97 Å². The second-order valence-electron chi connectivity index (χ2n) is 7.42. The third kappa shape index (κ3) is 10.2. The number of aliphatic carboxylic acids is 1. The molecular weight excluding hydrogens is 396 g/mol. The number of primary amides is 1. The maximum atomic E-state index is 12.6. The first-order valence-electron chi connectivity index (χ1n) is 9.78. The number of carboxylic acids is 1. The highest BCUT2D eigenvalue weighted by atomic mass is 16.4. The zero-order chi connectivity index (χ0) is 23.4. The first kappa shape index (κ1) is 27.3. The third-order valence-electron chi connectivity index (χ3n) is 4.32. The minimum Gasteiger partial charge on any atom is -0.480 e. The molecule has 4 atom stereocenters. The molecule has 0 aliphatic heterocycles. The minimum absolute atomic E-state index is 0.210. The molecular formula is C18H34N6O6. The highest BCUT2D eigenvalue weighted by molar-refractivity contribution is 5.94. The van der Waals surface area contributed by atoms with E-state index in [1.54, 1.807) is 13.8 Å². The van der Waals surface area contributed by atoms with Crippen LogP contribution in [-0.4, -0.2) is 65.4 Å². The summed E-state index contributed by atoms with van der Waals surface area (Å²) in [4.78, 5) is 59.1. The predicted molar refractivity (Wildman–Crippen MR) is 109 cm³/mol. The first-order valence-corrected chi connectivity index (χ1v) is 9.78. The van der Waals surface area contributed by atoms with Gasteiger partial charge < -0.3 is 38.3 Å². The van der Waals surface area contributed by atoms with Crippen LogP contribution in [0.15, 0.2) is 0 Å². The van der Waals surface area contributed by atoms with Gasteiger partial charge in [0.15, 0.2) is 0 Å². The van der Waals surface area contributed by atoms with Crippen LogP contribution in [0, 0.1) is 5.92 Å². The van der Waals surface area contributed by atoms with Gasteiger partial charge in [0.2, 0.25) is 23.6 Å². The maximum absolute atomic E-state index is 12.6. The Kier molecular flexibility index (Phi) is 12.3. The zero-order valence-corrected chi connectivity index (χ0v) is 17.6. The molecule has 0 bridgehead atoms. The molecule has 0 aliphatic carbocycles. The van der Waals surface area contributed by atoms with E-state index in [-0.39, 0.29) is 18.8 Å². The predicted octanol–water partition coefficient (Wildman–Crippen LogP) is -2.47. The van der Waals surface area contributed by atoms with Gasteiger partial charge in [-0.15, -0.1) is 0 Å². The molecule has 0 fully saturated rings. The largest absolute Gasteiger partial charge is 0.480 e. The van der Waals surface area contributed by atoms with Crippen LogP contribution in [0.1, 0.15) is 46.5 Å². The number of carboxylic acid groups (broad SMARTS) is 1. The first-order chi connectivity index (χ1) is 13.9. The quantitative estimate of drug-likeness (QED) is 0.146. The number of amides is 4. The smallest absolute Gasteiger partial charge is 0.326 e. The van der Waals surface area contributed by atoms with Crippen LogP contribution < -0.4 is 33.2 Å². The molecule has 0 aromatic heterocycles. The van der Waals surface area contributed by atoms with Crippen molar-refractivity contribution in [3.63, 3.8) is 0 Å². The summed E-state index contributed by atoms with van der Waals surface area (Å²) in [5, 5.41) is 16.6. The Labute approximate surface area is 175 Å². The number of hydrogen-bond acceptors (Lipinski definition) is 7. The number of unbranched alkanes of at least 4 members (excludes halogenated alkanes) is 1. The fourth-order valence-corrected chi connectivity index (χ4v) is 2.52. The van der Waals surface area contributed by atoms with E-state index in [9.17, 15) is 29.1 Å². The summed E-state index contributed by atoms with van der Waals surface area (Å²) in [5.41, 5.74) is 15.9. The molecule has 172 valence electrons. The van der Waals surface area contributed by atoms with Crippen LogP contribution in [0.3, 0.4) is 0 Å². The van der Waals surface area contributed by atoms with Crippen LogP contribution in [-0.2, 0) is 24.0 Å². The van der Waals surface area contributed by atoms with E-state index in [1.165, 1.54) is 6.92 Å². The molecule has 0 aromatic rings. The van der Waals surface area contributed by atoms with Crippen LogP contribution in [0.2, 0.25) is 0 Å². The Morgan fingerprint density at radius 2 is 1.50 bits per heavy atom. The number of carbonyl (C=O) groups is 5. The summed E-state index contributed by atoms with van der Waals surface area (Å²) in [6.45, 7) is 5.16. The van der Waals surface area contributed by atoms with Gasteiger partial charge in [-0.05, 0) is 38.6 Å². The molecule has 4 unspecified atom stereocenters. The average Bonchev–Trinajstić information content (AvgIpc) is 2.63. The fourth-order valence-electron chi connectivity index (χ4n) is 2.52. The molecule has 0 aromatic carbocycles. The molecule has 0 spiro atoms. The van der Waals surface area contributed by atoms with Gasteiger partial charge in [0.25, 0.3) is 0 Å². The summed E-state index contributed by atoms with van der Waals surface area (Å²) >= 11 is 0. The highest BCUT2D eigenvalue weighted by Gasteiger charge is 2.30. The molecule has 12 nitrogen and oxygen atoms in total. The summed E-state index contributed by atoms with van der Waals surface area (Å²) in [6.07, 6.45) is 0.985. The molecule has 0 saturated heterocycles. The van der Waals surface area contributed by atoms with E-state index in [1.807, 2.05) is 0 Å². The monoisotopic (exact) mass is 430 g/mol. The molecule has 0 aliphatic rings. The Morgan fingerprint density at radius 1 is 0.900 bits per heavy atom. The van der Waals surface area contributed by atoms with Gasteiger partial charge in [-0.1, -0.05) is 13.8 Å². The van der Waals surface area contributed by atoms with Crippen molar-refractivity contribution in [2.24, 2.45) is 23.1 Å². The number of nitrogens with two attached hydrogens (primary N) is 3. The lowest BCUT2D eigenvalue weighted by Crippen LogP contribution is -2.57. The van der Waals surface area contributed by atoms with E-state index < -0.39 is 53.8 Å². The fraction of sp³-hybridized carbons (Fsp3) is 0.722. The van der Waals surface area contributed by atoms with Gasteiger partial charge in [0.1, 0.15) is 18.1 Å². The summed E-state index contributed by atoms with van der Waals surface area (Å²) < 4.78 is 0. The van der Waals surface area contributed by atoms with Gasteiger partial charge in [0, 0.05) is 0 Å². The van der Waals surface area contributed by atoms with E-state index in [4.69, 9.17) is 17.2 Å². The lowest BCUT2D eigenvalue weighted by atomic mass is 10.0. The second kappa shape index (κ2) is 13.5. The van der Waals surface area contributed by atoms with Crippen molar-refractivity contribution in [2.45, 2.75) is 70.6 Å². The molecule has 30 heavy (non-hydrogen) atoms. The molecule has 10 N–H and O–H groups in total. The lowest BCUT2D eigenvalue weighted by molar-refractivity contribution is -0.142. The molecule has 0 rings (SSSR count). The van der Waals surface area contributed by atoms with Crippen LogP contribution >= 0.6 is 0 Å². The van der Waals surface area contributed by atoms with Gasteiger partial charge in [-0.25, -0.2) is 4.79 Å². The van der Waals surface area contributed by atoms with E-state index in [0.29, 0.717) is 19.4 Å². The molecule has 0 saturated carbocycles. The van der Waals surface area contributed by atoms with Crippen molar-refractivity contribution in [3.8, 4) is 0 Å².